The minimum Gasteiger partial charge on any atom is -0.388 e. The summed E-state index contributed by atoms with van der Waals surface area (Å²) < 4.78 is 0. The van der Waals surface area contributed by atoms with Crippen LogP contribution < -0.4 is 10.6 Å². The van der Waals surface area contributed by atoms with Crippen molar-refractivity contribution in [1.29, 1.82) is 0 Å². The van der Waals surface area contributed by atoms with Crippen molar-refractivity contribution in [3.8, 4) is 0 Å². The van der Waals surface area contributed by atoms with Crippen LogP contribution in [0, 0.1) is 0 Å². The van der Waals surface area contributed by atoms with Crippen molar-refractivity contribution >= 4 is 17.5 Å². The lowest BCUT2D eigenvalue weighted by Gasteiger charge is -2.14. The summed E-state index contributed by atoms with van der Waals surface area (Å²) in [5.74, 6) is 0.682. The predicted molar refractivity (Wildman–Crippen MR) is 83.3 cm³/mol. The van der Waals surface area contributed by atoms with E-state index in [1.165, 1.54) is 29.7 Å². The monoisotopic (exact) mass is 255 g/mol. The van der Waals surface area contributed by atoms with Crippen LogP contribution in [0.2, 0.25) is 0 Å². The van der Waals surface area contributed by atoms with Crippen LogP contribution in [-0.4, -0.2) is 13.3 Å². The molecule has 1 aromatic carbocycles. The number of benzene rings is 1. The van der Waals surface area contributed by atoms with Crippen molar-refractivity contribution < 1.29 is 0 Å². The van der Waals surface area contributed by atoms with E-state index in [1.807, 2.05) is 19.5 Å². The van der Waals surface area contributed by atoms with Gasteiger partial charge in [-0.15, -0.1) is 0 Å². The maximum atomic E-state index is 4.21. The molecule has 0 aromatic heterocycles. The Labute approximate surface area is 115 Å². The lowest BCUT2D eigenvalue weighted by atomic mass is 9.99. The highest BCUT2D eigenvalue weighted by molar-refractivity contribution is 6.10. The first kappa shape index (κ1) is 13.4. The molecule has 1 aromatic rings. The average molecular weight is 255 g/mol. The number of anilines is 1. The zero-order valence-corrected chi connectivity index (χ0v) is 11.7. The van der Waals surface area contributed by atoms with Crippen LogP contribution in [0.5, 0.6) is 0 Å². The predicted octanol–water partition coefficient (Wildman–Crippen LogP) is 3.56. The van der Waals surface area contributed by atoms with E-state index in [-0.39, 0.29) is 0 Å². The van der Waals surface area contributed by atoms with Gasteiger partial charge in [0.25, 0.3) is 0 Å². The van der Waals surface area contributed by atoms with Crippen LogP contribution >= 0.6 is 0 Å². The fourth-order valence-electron chi connectivity index (χ4n) is 2.13. The minimum absolute atomic E-state index is 0.682. The standard InChI is InChI=1S/C16H21N3/c1-4-5-6-14-9-13(7-8-16(14)17-3)15-10-18-12(2)19-11-15/h7-11,17-18H,2,4-6H2,1,3H3. The van der Waals surface area contributed by atoms with Gasteiger partial charge in [0.1, 0.15) is 5.82 Å². The quantitative estimate of drug-likeness (QED) is 0.844. The summed E-state index contributed by atoms with van der Waals surface area (Å²) in [5.41, 5.74) is 4.85. The molecule has 0 atom stereocenters. The number of rotatable bonds is 5. The third-order valence-electron chi connectivity index (χ3n) is 3.26. The van der Waals surface area contributed by atoms with E-state index in [9.17, 15) is 0 Å². The summed E-state index contributed by atoms with van der Waals surface area (Å²) in [6.07, 6.45) is 7.33. The van der Waals surface area contributed by atoms with Crippen LogP contribution in [0.15, 0.2) is 41.8 Å². The van der Waals surface area contributed by atoms with Gasteiger partial charge in [-0.05, 0) is 36.1 Å². The number of allylic oxidation sites excluding steroid dienone is 1. The molecule has 2 N–H and O–H groups in total. The van der Waals surface area contributed by atoms with Gasteiger partial charge < -0.3 is 10.6 Å². The second kappa shape index (κ2) is 6.23. The van der Waals surface area contributed by atoms with Gasteiger partial charge >= 0.3 is 0 Å². The van der Waals surface area contributed by atoms with Crippen molar-refractivity contribution in [2.75, 3.05) is 12.4 Å². The second-order valence-corrected chi connectivity index (χ2v) is 4.67. The fourth-order valence-corrected chi connectivity index (χ4v) is 2.13. The smallest absolute Gasteiger partial charge is 0.122 e. The molecule has 0 saturated carbocycles. The SMILES string of the molecule is C=C1N=CC(c2ccc(NC)c(CCCC)c2)=CN1. The van der Waals surface area contributed by atoms with Crippen molar-refractivity contribution in [3.05, 3.63) is 47.9 Å². The molecule has 3 nitrogen and oxygen atoms in total. The van der Waals surface area contributed by atoms with E-state index in [0.29, 0.717) is 5.82 Å². The van der Waals surface area contributed by atoms with Gasteiger partial charge in [0.15, 0.2) is 0 Å². The van der Waals surface area contributed by atoms with Crippen molar-refractivity contribution in [1.82, 2.24) is 5.32 Å². The molecule has 0 radical (unpaired) electrons. The van der Waals surface area contributed by atoms with Gasteiger partial charge in [0.05, 0.1) is 0 Å². The van der Waals surface area contributed by atoms with E-state index < -0.39 is 0 Å². The molecule has 0 unspecified atom stereocenters. The van der Waals surface area contributed by atoms with Crippen LogP contribution in [0.25, 0.3) is 5.57 Å². The first-order chi connectivity index (χ1) is 9.24. The molecule has 0 bridgehead atoms. The van der Waals surface area contributed by atoms with Gasteiger partial charge in [0.2, 0.25) is 0 Å². The maximum Gasteiger partial charge on any atom is 0.122 e. The number of hydrogen-bond donors (Lipinski definition) is 2. The summed E-state index contributed by atoms with van der Waals surface area (Å²) in [6, 6.07) is 6.50. The first-order valence-corrected chi connectivity index (χ1v) is 6.75. The number of aryl methyl sites for hydroxylation is 1. The summed E-state index contributed by atoms with van der Waals surface area (Å²) in [4.78, 5) is 4.21. The maximum absolute atomic E-state index is 4.21. The highest BCUT2D eigenvalue weighted by atomic mass is 15.0. The molecular formula is C16H21N3. The summed E-state index contributed by atoms with van der Waals surface area (Å²) >= 11 is 0. The molecule has 0 amide bonds. The summed E-state index contributed by atoms with van der Waals surface area (Å²) in [5, 5.41) is 6.31. The minimum atomic E-state index is 0.682. The Bertz CT molecular complexity index is 527. The molecule has 1 aliphatic heterocycles. The van der Waals surface area contributed by atoms with Crippen molar-refractivity contribution in [3.63, 3.8) is 0 Å². The molecule has 0 saturated heterocycles. The first-order valence-electron chi connectivity index (χ1n) is 6.75. The molecule has 3 heteroatoms. The van der Waals surface area contributed by atoms with Crippen LogP contribution in [0.1, 0.15) is 30.9 Å². The summed E-state index contributed by atoms with van der Waals surface area (Å²) in [7, 11) is 1.97. The Hall–Kier alpha value is -2.03. The molecule has 100 valence electrons. The van der Waals surface area contributed by atoms with Crippen LogP contribution in [-0.2, 0) is 6.42 Å². The highest BCUT2D eigenvalue weighted by Crippen LogP contribution is 2.23. The second-order valence-electron chi connectivity index (χ2n) is 4.67. The Morgan fingerprint density at radius 2 is 2.21 bits per heavy atom. The van der Waals surface area contributed by atoms with Crippen molar-refractivity contribution in [2.24, 2.45) is 4.99 Å². The van der Waals surface area contributed by atoms with Gasteiger partial charge in [-0.25, -0.2) is 4.99 Å². The molecule has 1 aliphatic rings. The van der Waals surface area contributed by atoms with Crippen LogP contribution in [0.3, 0.4) is 0 Å². The van der Waals surface area contributed by atoms with Gasteiger partial charge in [-0.3, -0.25) is 0 Å². The average Bonchev–Trinajstić information content (AvgIpc) is 2.45. The molecule has 0 spiro atoms. The molecule has 19 heavy (non-hydrogen) atoms. The Kier molecular flexibility index (Phi) is 4.39. The molecule has 2 rings (SSSR count). The molecule has 0 fully saturated rings. The Morgan fingerprint density at radius 1 is 1.37 bits per heavy atom. The lowest BCUT2D eigenvalue weighted by Crippen LogP contribution is -2.08. The number of unbranched alkanes of at least 4 members (excludes halogenated alkanes) is 1. The molecule has 0 aliphatic carbocycles. The topological polar surface area (TPSA) is 36.4 Å². The lowest BCUT2D eigenvalue weighted by molar-refractivity contribution is 0.796. The normalized spacial score (nSPS) is 14.0. The number of nitrogens with one attached hydrogen (secondary N) is 2. The molecule has 1 heterocycles. The number of aliphatic imine (C=N–C) groups is 1. The third kappa shape index (κ3) is 3.25. The fraction of sp³-hybridized carbons (Fsp3) is 0.312. The largest absolute Gasteiger partial charge is 0.388 e. The van der Waals surface area contributed by atoms with E-state index in [4.69, 9.17) is 0 Å². The van der Waals surface area contributed by atoms with Crippen LogP contribution in [0.4, 0.5) is 5.69 Å². The third-order valence-corrected chi connectivity index (χ3v) is 3.26. The van der Waals surface area contributed by atoms with Gasteiger partial charge in [0, 0.05) is 30.7 Å². The molecular weight excluding hydrogens is 234 g/mol. The van der Waals surface area contributed by atoms with Crippen molar-refractivity contribution in [2.45, 2.75) is 26.2 Å². The Balaban J connectivity index is 2.27. The van der Waals surface area contributed by atoms with E-state index >= 15 is 0 Å². The van der Waals surface area contributed by atoms with E-state index in [0.717, 1.165) is 12.0 Å². The Morgan fingerprint density at radius 3 is 2.84 bits per heavy atom. The highest BCUT2D eigenvalue weighted by Gasteiger charge is 2.07. The van der Waals surface area contributed by atoms with E-state index in [1.54, 1.807) is 0 Å². The zero-order valence-electron chi connectivity index (χ0n) is 11.7. The number of nitrogens with zero attached hydrogens (tertiary/aromatic N) is 1. The van der Waals surface area contributed by atoms with E-state index in [2.05, 4.69) is 47.3 Å². The summed E-state index contributed by atoms with van der Waals surface area (Å²) in [6.45, 7) is 5.98. The number of hydrogen-bond acceptors (Lipinski definition) is 3. The zero-order chi connectivity index (χ0) is 13.7. The van der Waals surface area contributed by atoms with Gasteiger partial charge in [-0.1, -0.05) is 26.0 Å². The van der Waals surface area contributed by atoms with Gasteiger partial charge in [-0.2, -0.15) is 0 Å².